The van der Waals surface area contributed by atoms with Crippen molar-refractivity contribution in [3.8, 4) is 0 Å². The highest BCUT2D eigenvalue weighted by Gasteiger charge is 2.22. The molecular formula is C17H23N3O2S. The summed E-state index contributed by atoms with van der Waals surface area (Å²) in [5.74, 6) is 0.514. The van der Waals surface area contributed by atoms with E-state index in [9.17, 15) is 9.59 Å². The lowest BCUT2D eigenvalue weighted by Gasteiger charge is -2.13. The fourth-order valence-electron chi connectivity index (χ4n) is 3.12. The van der Waals surface area contributed by atoms with Gasteiger partial charge >= 0.3 is 0 Å². The van der Waals surface area contributed by atoms with Gasteiger partial charge in [0.25, 0.3) is 5.56 Å². The number of aromatic nitrogens is 2. The van der Waals surface area contributed by atoms with Crippen molar-refractivity contribution in [3.05, 3.63) is 26.6 Å². The standard InChI is InChI=1S/C17H23N3O2S/c1-3-5-10-14(21)19-20-13(4-2)18-16-15(17(20)22)11-8-6-7-9-12(11)23-16/h3-10H2,1-2H3,(H,19,21). The van der Waals surface area contributed by atoms with Gasteiger partial charge in [0.1, 0.15) is 10.7 Å². The Morgan fingerprint density at radius 1 is 1.30 bits per heavy atom. The Morgan fingerprint density at radius 2 is 2.09 bits per heavy atom. The van der Waals surface area contributed by atoms with Crippen molar-refractivity contribution in [2.24, 2.45) is 0 Å². The zero-order valence-corrected chi connectivity index (χ0v) is 14.6. The molecule has 1 amide bonds. The Balaban J connectivity index is 2.07. The number of hydrogen-bond donors (Lipinski definition) is 1. The highest BCUT2D eigenvalue weighted by molar-refractivity contribution is 7.18. The van der Waals surface area contributed by atoms with Crippen molar-refractivity contribution in [1.82, 2.24) is 9.66 Å². The molecule has 5 nitrogen and oxygen atoms in total. The largest absolute Gasteiger partial charge is 0.281 e. The minimum absolute atomic E-state index is 0.115. The summed E-state index contributed by atoms with van der Waals surface area (Å²) in [5, 5.41) is 0.720. The van der Waals surface area contributed by atoms with Crippen LogP contribution < -0.4 is 11.0 Å². The van der Waals surface area contributed by atoms with Crippen LogP contribution in [0.25, 0.3) is 10.2 Å². The molecule has 0 aromatic carbocycles. The van der Waals surface area contributed by atoms with E-state index < -0.39 is 0 Å². The number of carbonyl (C=O) groups is 1. The summed E-state index contributed by atoms with van der Waals surface area (Å²) in [5.41, 5.74) is 3.81. The molecule has 23 heavy (non-hydrogen) atoms. The number of rotatable bonds is 5. The maximum Gasteiger partial charge on any atom is 0.281 e. The second-order valence-electron chi connectivity index (χ2n) is 6.05. The first-order valence-electron chi connectivity index (χ1n) is 8.51. The first-order chi connectivity index (χ1) is 11.2. The van der Waals surface area contributed by atoms with Gasteiger partial charge in [-0.3, -0.25) is 15.0 Å². The van der Waals surface area contributed by atoms with Gasteiger partial charge < -0.3 is 0 Å². The molecule has 0 aliphatic heterocycles. The predicted molar refractivity (Wildman–Crippen MR) is 93.8 cm³/mol. The van der Waals surface area contributed by atoms with Crippen LogP contribution in [0, 0.1) is 0 Å². The Hall–Kier alpha value is -1.69. The molecule has 0 unspecified atom stereocenters. The Morgan fingerprint density at radius 3 is 2.83 bits per heavy atom. The molecule has 0 radical (unpaired) electrons. The van der Waals surface area contributed by atoms with E-state index in [0.29, 0.717) is 18.7 Å². The number of fused-ring (bicyclic) bond motifs is 3. The molecular weight excluding hydrogens is 310 g/mol. The van der Waals surface area contributed by atoms with Crippen LogP contribution in [-0.4, -0.2) is 15.6 Å². The first-order valence-corrected chi connectivity index (χ1v) is 9.33. The predicted octanol–water partition coefficient (Wildman–Crippen LogP) is 3.16. The molecule has 3 rings (SSSR count). The minimum atomic E-state index is -0.117. The third-order valence-electron chi connectivity index (χ3n) is 4.37. The average molecular weight is 333 g/mol. The van der Waals surface area contributed by atoms with Gasteiger partial charge in [0.15, 0.2) is 0 Å². The maximum absolute atomic E-state index is 13.0. The normalized spacial score (nSPS) is 14.0. The second-order valence-corrected chi connectivity index (χ2v) is 7.14. The highest BCUT2D eigenvalue weighted by atomic mass is 32.1. The van der Waals surface area contributed by atoms with Crippen LogP contribution in [-0.2, 0) is 24.1 Å². The molecule has 1 N–H and O–H groups in total. The third kappa shape index (κ3) is 3.04. The van der Waals surface area contributed by atoms with E-state index >= 15 is 0 Å². The number of hydrogen-bond acceptors (Lipinski definition) is 4. The lowest BCUT2D eigenvalue weighted by Crippen LogP contribution is -2.36. The number of nitrogens with zero attached hydrogens (tertiary/aromatic N) is 2. The zero-order chi connectivity index (χ0) is 16.4. The molecule has 0 saturated carbocycles. The molecule has 0 fully saturated rings. The van der Waals surface area contributed by atoms with Gasteiger partial charge in [-0.1, -0.05) is 20.3 Å². The molecule has 0 bridgehead atoms. The van der Waals surface area contributed by atoms with Gasteiger partial charge in [0, 0.05) is 17.7 Å². The summed E-state index contributed by atoms with van der Waals surface area (Å²) < 4.78 is 1.38. The molecule has 0 atom stereocenters. The van der Waals surface area contributed by atoms with E-state index in [0.717, 1.165) is 47.9 Å². The van der Waals surface area contributed by atoms with Crippen LogP contribution in [0.15, 0.2) is 4.79 Å². The average Bonchev–Trinajstić information content (AvgIpc) is 2.93. The smallest absolute Gasteiger partial charge is 0.273 e. The van der Waals surface area contributed by atoms with Gasteiger partial charge in [-0.05, 0) is 37.7 Å². The van der Waals surface area contributed by atoms with E-state index in [-0.39, 0.29) is 11.5 Å². The molecule has 2 aromatic rings. The first kappa shape index (κ1) is 16.2. The van der Waals surface area contributed by atoms with E-state index in [4.69, 9.17) is 0 Å². The Labute approximate surface area is 139 Å². The molecule has 0 spiro atoms. The molecule has 124 valence electrons. The SMILES string of the molecule is CCCCC(=O)Nn1c(CC)nc2sc3c(c2c1=O)CCCC3. The summed E-state index contributed by atoms with van der Waals surface area (Å²) >= 11 is 1.65. The van der Waals surface area contributed by atoms with Crippen LogP contribution in [0.1, 0.15) is 62.2 Å². The van der Waals surface area contributed by atoms with E-state index in [1.807, 2.05) is 13.8 Å². The highest BCUT2D eigenvalue weighted by Crippen LogP contribution is 2.33. The number of thiophene rings is 1. The Bertz CT molecular complexity index is 791. The molecule has 1 aliphatic rings. The van der Waals surface area contributed by atoms with Gasteiger partial charge in [0.05, 0.1) is 5.39 Å². The van der Waals surface area contributed by atoms with Gasteiger partial charge in [-0.2, -0.15) is 0 Å². The quantitative estimate of drug-likeness (QED) is 0.914. The van der Waals surface area contributed by atoms with Crippen molar-refractivity contribution in [1.29, 1.82) is 0 Å². The Kier molecular flexibility index (Phi) is 4.80. The van der Waals surface area contributed by atoms with Crippen molar-refractivity contribution < 1.29 is 4.79 Å². The van der Waals surface area contributed by atoms with Crippen LogP contribution in [0.3, 0.4) is 0 Å². The maximum atomic E-state index is 13.0. The molecule has 2 aromatic heterocycles. The number of amides is 1. The van der Waals surface area contributed by atoms with Crippen LogP contribution in [0.5, 0.6) is 0 Å². The molecule has 2 heterocycles. The third-order valence-corrected chi connectivity index (χ3v) is 5.55. The molecule has 1 aliphatic carbocycles. The van der Waals surface area contributed by atoms with Crippen LogP contribution in [0.2, 0.25) is 0 Å². The topological polar surface area (TPSA) is 64.0 Å². The fraction of sp³-hybridized carbons (Fsp3) is 0.588. The number of aryl methyl sites for hydroxylation is 3. The van der Waals surface area contributed by atoms with E-state index in [1.54, 1.807) is 11.3 Å². The summed E-state index contributed by atoms with van der Waals surface area (Å²) in [6, 6.07) is 0. The minimum Gasteiger partial charge on any atom is -0.273 e. The second kappa shape index (κ2) is 6.83. The van der Waals surface area contributed by atoms with Crippen LogP contribution in [0.4, 0.5) is 0 Å². The molecule has 6 heteroatoms. The monoisotopic (exact) mass is 333 g/mol. The number of nitrogens with one attached hydrogen (secondary N) is 1. The molecule has 0 saturated heterocycles. The lowest BCUT2D eigenvalue weighted by molar-refractivity contribution is -0.117. The fourth-order valence-corrected chi connectivity index (χ4v) is 4.39. The number of unbranched alkanes of at least 4 members (excludes halogenated alkanes) is 1. The van der Waals surface area contributed by atoms with Gasteiger partial charge in [-0.25, -0.2) is 9.66 Å². The van der Waals surface area contributed by atoms with Crippen molar-refractivity contribution >= 4 is 27.5 Å². The van der Waals surface area contributed by atoms with Crippen molar-refractivity contribution in [2.45, 2.75) is 65.2 Å². The number of carbonyl (C=O) groups excluding carboxylic acids is 1. The summed E-state index contributed by atoms with van der Waals surface area (Å²) in [6.45, 7) is 4.00. The van der Waals surface area contributed by atoms with Gasteiger partial charge in [-0.15, -0.1) is 11.3 Å². The van der Waals surface area contributed by atoms with Crippen molar-refractivity contribution in [2.75, 3.05) is 5.43 Å². The summed E-state index contributed by atoms with van der Waals surface area (Å²) in [4.78, 5) is 31.8. The van der Waals surface area contributed by atoms with Crippen LogP contribution >= 0.6 is 11.3 Å². The summed E-state index contributed by atoms with van der Waals surface area (Å²) in [7, 11) is 0. The van der Waals surface area contributed by atoms with Gasteiger partial charge in [0.2, 0.25) is 5.91 Å². The zero-order valence-electron chi connectivity index (χ0n) is 13.8. The van der Waals surface area contributed by atoms with E-state index in [1.165, 1.54) is 16.0 Å². The van der Waals surface area contributed by atoms with E-state index in [2.05, 4.69) is 10.4 Å². The lowest BCUT2D eigenvalue weighted by atomic mass is 9.97. The summed E-state index contributed by atoms with van der Waals surface area (Å²) in [6.07, 6.45) is 7.12. The van der Waals surface area contributed by atoms with Crippen molar-refractivity contribution in [3.63, 3.8) is 0 Å².